The summed E-state index contributed by atoms with van der Waals surface area (Å²) in [7, 11) is 0. The van der Waals surface area contributed by atoms with Gasteiger partial charge in [-0.05, 0) is 86.2 Å². The summed E-state index contributed by atoms with van der Waals surface area (Å²) in [6, 6.07) is 2.26. The van der Waals surface area contributed by atoms with Crippen molar-refractivity contribution in [1.29, 1.82) is 0 Å². The van der Waals surface area contributed by atoms with Gasteiger partial charge in [0.15, 0.2) is 0 Å². The Labute approximate surface area is 115 Å². The zero-order valence-corrected chi connectivity index (χ0v) is 11.9. The summed E-state index contributed by atoms with van der Waals surface area (Å²) in [5.74, 6) is 3.80. The molecule has 4 aliphatic rings. The lowest BCUT2D eigenvalue weighted by atomic mass is 9.48. The maximum absolute atomic E-state index is 5.84. The van der Waals surface area contributed by atoms with E-state index in [9.17, 15) is 0 Å². The molecule has 1 aromatic heterocycles. The normalized spacial score (nSPS) is 39.7. The number of hydrogen-bond donors (Lipinski definition) is 1. The van der Waals surface area contributed by atoms with E-state index in [1.165, 1.54) is 50.5 Å². The Kier molecular flexibility index (Phi) is 2.46. The molecule has 19 heavy (non-hydrogen) atoms. The summed E-state index contributed by atoms with van der Waals surface area (Å²) < 4.78 is 0. The molecule has 5 rings (SSSR count). The van der Waals surface area contributed by atoms with Crippen molar-refractivity contribution < 1.29 is 0 Å². The summed E-state index contributed by atoms with van der Waals surface area (Å²) in [5.41, 5.74) is 9.00. The monoisotopic (exact) mass is 256 g/mol. The average molecular weight is 256 g/mol. The topological polar surface area (TPSA) is 38.9 Å². The predicted molar refractivity (Wildman–Crippen MR) is 77.7 cm³/mol. The van der Waals surface area contributed by atoms with Crippen LogP contribution in [0.15, 0.2) is 12.3 Å². The first kappa shape index (κ1) is 11.7. The van der Waals surface area contributed by atoms with E-state index >= 15 is 0 Å². The molecule has 0 amide bonds. The first-order valence-electron chi connectivity index (χ1n) is 7.83. The van der Waals surface area contributed by atoms with Gasteiger partial charge in [-0.1, -0.05) is 6.07 Å². The summed E-state index contributed by atoms with van der Waals surface area (Å²) in [5, 5.41) is 0. The van der Waals surface area contributed by atoms with Gasteiger partial charge in [0.05, 0.1) is 0 Å². The van der Waals surface area contributed by atoms with Gasteiger partial charge in [-0.2, -0.15) is 0 Å². The number of pyridine rings is 1. The fourth-order valence-electron chi connectivity index (χ4n) is 5.68. The zero-order chi connectivity index (χ0) is 13.0. The minimum absolute atomic E-state index is 0.610. The van der Waals surface area contributed by atoms with Crippen LogP contribution in [0.3, 0.4) is 0 Å². The first-order valence-corrected chi connectivity index (χ1v) is 7.83. The second-order valence-corrected chi connectivity index (χ2v) is 7.64. The average Bonchev–Trinajstić information content (AvgIpc) is 2.31. The third-order valence-corrected chi connectivity index (χ3v) is 5.92. The molecule has 2 N–H and O–H groups in total. The molecule has 0 unspecified atom stereocenters. The summed E-state index contributed by atoms with van der Waals surface area (Å²) in [4.78, 5) is 4.35. The van der Waals surface area contributed by atoms with E-state index in [2.05, 4.69) is 18.0 Å². The third kappa shape index (κ3) is 1.96. The molecular formula is C17H24N2. The van der Waals surface area contributed by atoms with E-state index < -0.39 is 0 Å². The Balaban J connectivity index is 1.60. The van der Waals surface area contributed by atoms with Crippen molar-refractivity contribution in [3.05, 3.63) is 23.4 Å². The van der Waals surface area contributed by atoms with Gasteiger partial charge in [0.2, 0.25) is 0 Å². The molecule has 4 saturated carbocycles. The Hall–Kier alpha value is -1.05. The summed E-state index contributed by atoms with van der Waals surface area (Å²) in [6.07, 6.45) is 12.3. The molecule has 2 nitrogen and oxygen atoms in total. The van der Waals surface area contributed by atoms with E-state index in [-0.39, 0.29) is 0 Å². The minimum Gasteiger partial charge on any atom is -0.383 e. The standard InChI is InChI=1S/C17H24N2/c1-11-2-15(10-19-16(11)18)9-17-6-12-3-13(7-17)5-14(4-12)8-17/h2,10,12-14H,3-9H2,1H3,(H2,18,19). The van der Waals surface area contributed by atoms with Crippen LogP contribution in [-0.4, -0.2) is 4.98 Å². The van der Waals surface area contributed by atoms with E-state index in [1.807, 2.05) is 6.20 Å². The van der Waals surface area contributed by atoms with Crippen LogP contribution in [0.2, 0.25) is 0 Å². The number of aryl methyl sites for hydroxylation is 1. The number of rotatable bonds is 2. The van der Waals surface area contributed by atoms with Crippen molar-refractivity contribution in [3.8, 4) is 0 Å². The fourth-order valence-corrected chi connectivity index (χ4v) is 5.68. The largest absolute Gasteiger partial charge is 0.383 e. The lowest BCUT2D eigenvalue weighted by molar-refractivity contribution is -0.0522. The van der Waals surface area contributed by atoms with Gasteiger partial charge in [0.25, 0.3) is 0 Å². The predicted octanol–water partition coefficient (Wildman–Crippen LogP) is 3.73. The second-order valence-electron chi connectivity index (χ2n) is 7.64. The quantitative estimate of drug-likeness (QED) is 0.875. The van der Waals surface area contributed by atoms with Crippen LogP contribution in [0.1, 0.15) is 49.7 Å². The van der Waals surface area contributed by atoms with Crippen molar-refractivity contribution in [2.24, 2.45) is 23.2 Å². The third-order valence-electron chi connectivity index (χ3n) is 5.92. The van der Waals surface area contributed by atoms with Crippen molar-refractivity contribution in [2.45, 2.75) is 51.9 Å². The molecule has 0 spiro atoms. The SMILES string of the molecule is Cc1cc(CC23CC4CC(CC(C4)C2)C3)cnc1N. The van der Waals surface area contributed by atoms with Gasteiger partial charge in [-0.3, -0.25) is 0 Å². The first-order chi connectivity index (χ1) is 9.12. The molecule has 4 aliphatic carbocycles. The molecule has 0 atom stereocenters. The van der Waals surface area contributed by atoms with E-state index in [0.717, 1.165) is 23.3 Å². The lowest BCUT2D eigenvalue weighted by Gasteiger charge is -2.57. The van der Waals surface area contributed by atoms with Crippen LogP contribution in [0, 0.1) is 30.1 Å². The molecular weight excluding hydrogens is 232 g/mol. The van der Waals surface area contributed by atoms with E-state index in [1.54, 1.807) is 0 Å². The van der Waals surface area contributed by atoms with Crippen molar-refractivity contribution in [2.75, 3.05) is 5.73 Å². The molecule has 1 aromatic rings. The Morgan fingerprint density at radius 3 is 2.26 bits per heavy atom. The van der Waals surface area contributed by atoms with Gasteiger partial charge in [-0.15, -0.1) is 0 Å². The molecule has 1 heterocycles. The summed E-state index contributed by atoms with van der Waals surface area (Å²) >= 11 is 0. The van der Waals surface area contributed by atoms with E-state index in [0.29, 0.717) is 11.2 Å². The Morgan fingerprint density at radius 1 is 1.16 bits per heavy atom. The maximum atomic E-state index is 5.84. The van der Waals surface area contributed by atoms with Crippen LogP contribution in [-0.2, 0) is 6.42 Å². The number of aromatic nitrogens is 1. The highest BCUT2D eigenvalue weighted by Gasteiger charge is 2.50. The highest BCUT2D eigenvalue weighted by Crippen LogP contribution is 2.61. The van der Waals surface area contributed by atoms with Gasteiger partial charge >= 0.3 is 0 Å². The highest BCUT2D eigenvalue weighted by molar-refractivity contribution is 5.39. The number of anilines is 1. The fraction of sp³-hybridized carbons (Fsp3) is 0.706. The van der Waals surface area contributed by atoms with Crippen LogP contribution in [0.5, 0.6) is 0 Å². The number of nitrogen functional groups attached to an aromatic ring is 1. The molecule has 102 valence electrons. The van der Waals surface area contributed by atoms with Crippen molar-refractivity contribution in [1.82, 2.24) is 4.98 Å². The van der Waals surface area contributed by atoms with Gasteiger partial charge in [-0.25, -0.2) is 4.98 Å². The highest BCUT2D eigenvalue weighted by atomic mass is 14.8. The Morgan fingerprint density at radius 2 is 1.74 bits per heavy atom. The molecule has 0 aromatic carbocycles. The molecule has 4 fully saturated rings. The van der Waals surface area contributed by atoms with Crippen LogP contribution >= 0.6 is 0 Å². The molecule has 0 radical (unpaired) electrons. The van der Waals surface area contributed by atoms with Crippen molar-refractivity contribution in [3.63, 3.8) is 0 Å². The number of hydrogen-bond acceptors (Lipinski definition) is 2. The van der Waals surface area contributed by atoms with Crippen LogP contribution in [0.4, 0.5) is 5.82 Å². The maximum Gasteiger partial charge on any atom is 0.126 e. The van der Waals surface area contributed by atoms with Crippen LogP contribution < -0.4 is 5.73 Å². The van der Waals surface area contributed by atoms with Gasteiger partial charge in [0, 0.05) is 6.20 Å². The number of nitrogens with two attached hydrogens (primary N) is 1. The minimum atomic E-state index is 0.610. The van der Waals surface area contributed by atoms with Crippen LogP contribution in [0.25, 0.3) is 0 Å². The molecule has 0 saturated heterocycles. The van der Waals surface area contributed by atoms with Crippen molar-refractivity contribution >= 4 is 5.82 Å². The molecule has 4 bridgehead atoms. The molecule has 2 heteroatoms. The second kappa shape index (κ2) is 3.97. The van der Waals surface area contributed by atoms with Gasteiger partial charge in [0.1, 0.15) is 5.82 Å². The lowest BCUT2D eigenvalue weighted by Crippen LogP contribution is -2.47. The number of nitrogens with zero attached hydrogens (tertiary/aromatic N) is 1. The smallest absolute Gasteiger partial charge is 0.126 e. The Bertz CT molecular complexity index is 471. The molecule has 0 aliphatic heterocycles. The summed E-state index contributed by atoms with van der Waals surface area (Å²) in [6.45, 7) is 2.07. The van der Waals surface area contributed by atoms with Gasteiger partial charge < -0.3 is 5.73 Å². The van der Waals surface area contributed by atoms with E-state index in [4.69, 9.17) is 5.73 Å². The zero-order valence-electron chi connectivity index (χ0n) is 11.9.